The normalized spacial score (nSPS) is 13.6. The molecule has 69 heavy (non-hydrogen) atoms. The Morgan fingerprint density at radius 1 is 0.319 bits per heavy atom. The van der Waals surface area contributed by atoms with Crippen molar-refractivity contribution in [2.75, 3.05) is 0 Å². The van der Waals surface area contributed by atoms with Crippen molar-refractivity contribution in [3.8, 4) is 0 Å². The van der Waals surface area contributed by atoms with Crippen molar-refractivity contribution in [2.45, 2.75) is 54.3 Å². The van der Waals surface area contributed by atoms with Crippen LogP contribution in [0.15, 0.2) is 117 Å². The molecule has 0 N–H and O–H groups in total. The molecule has 1 aromatic heterocycles. The summed E-state index contributed by atoms with van der Waals surface area (Å²) in [6.07, 6.45) is -54.8. The fourth-order valence-electron chi connectivity index (χ4n) is 7.13. The third-order valence-corrected chi connectivity index (χ3v) is 10.4. The third-order valence-electron chi connectivity index (χ3n) is 10.1. The molecule has 0 spiro atoms. The van der Waals surface area contributed by atoms with Crippen molar-refractivity contribution in [1.82, 2.24) is 0 Å². The van der Waals surface area contributed by atoms with E-state index in [1.165, 1.54) is 6.07 Å². The van der Waals surface area contributed by atoms with Gasteiger partial charge in [0, 0.05) is 17.5 Å². The molecule has 0 atom stereocenters. The van der Waals surface area contributed by atoms with Gasteiger partial charge in [-0.2, -0.15) is 127 Å². The van der Waals surface area contributed by atoms with Gasteiger partial charge in [0.15, 0.2) is 4.90 Å². The van der Waals surface area contributed by atoms with Gasteiger partial charge in [-0.05, 0) is 55.1 Å². The Morgan fingerprint density at radius 3 is 0.754 bits per heavy atom. The summed E-state index contributed by atoms with van der Waals surface area (Å²) in [6.45, 7) is 0. The van der Waals surface area contributed by atoms with E-state index >= 15 is 0 Å². The molecule has 0 aliphatic rings. The average Bonchev–Trinajstić information content (AvgIpc) is 3.18. The van der Waals surface area contributed by atoms with Gasteiger partial charge in [-0.1, -0.05) is 48.5 Å². The lowest BCUT2D eigenvalue weighted by atomic mass is 9.12. The second kappa shape index (κ2) is 17.8. The predicted molar refractivity (Wildman–Crippen MR) is 201 cm³/mol. The number of fused-ring (bicyclic) bond motifs is 1. The topological polar surface area (TPSA) is 30.2 Å². The predicted octanol–water partition coefficient (Wildman–Crippen LogP) is 12.4. The fourth-order valence-corrected chi connectivity index (χ4v) is 7.35. The lowest BCUT2D eigenvalue weighted by Gasteiger charge is -2.46. The van der Waals surface area contributed by atoms with Crippen molar-refractivity contribution in [3.05, 3.63) is 158 Å². The second-order valence-electron chi connectivity index (χ2n) is 14.7. The zero-order valence-electron chi connectivity index (χ0n) is 32.8. The molecule has 0 bridgehead atoms. The minimum Gasteiger partial charge on any atom is -0.423 e. The van der Waals surface area contributed by atoms with Crippen LogP contribution in [-0.4, -0.2) is 6.15 Å². The molecule has 6 rings (SSSR count). The van der Waals surface area contributed by atoms with Crippen molar-refractivity contribution >= 4 is 51.6 Å². The first-order valence-corrected chi connectivity index (χ1v) is 18.6. The summed E-state index contributed by atoms with van der Waals surface area (Å²) < 4.78 is 346. The number of hydrogen-bond donors (Lipinski definition) is 0. The zero-order valence-corrected chi connectivity index (χ0v) is 33.8. The molecule has 0 radical (unpaired) electrons. The SMILES string of the molecule is FC(F)(F)c1cc([B-](c2cc(C(F)(F)F)cc(C(F)(F)F)c2)(c2cc(C(F)(F)F)cc(C(F)(F)F)c2)c2cc(C(F)(F)F)cc(C(F)(F)F)c2)cc(C(F)(F)F)c1.O=c1ccc2ccc([SH2+])cc2o1. The Morgan fingerprint density at radius 2 is 0.536 bits per heavy atom. The van der Waals surface area contributed by atoms with E-state index in [9.17, 15) is 110 Å². The van der Waals surface area contributed by atoms with Gasteiger partial charge in [0.1, 0.15) is 11.7 Å². The van der Waals surface area contributed by atoms with E-state index < -0.39 is 195 Å². The van der Waals surface area contributed by atoms with Crippen LogP contribution < -0.4 is 27.5 Å². The molecule has 0 aliphatic heterocycles. The van der Waals surface area contributed by atoms with Gasteiger partial charge >= 0.3 is 55.0 Å². The van der Waals surface area contributed by atoms with E-state index in [-0.39, 0.29) is 5.63 Å². The van der Waals surface area contributed by atoms with Gasteiger partial charge in [-0.3, -0.25) is 0 Å². The van der Waals surface area contributed by atoms with Crippen LogP contribution in [0.1, 0.15) is 44.5 Å². The molecule has 6 aromatic rings. The molecule has 0 aliphatic carbocycles. The van der Waals surface area contributed by atoms with Crippen LogP contribution in [0.25, 0.3) is 11.0 Å². The Hall–Kier alpha value is -5.96. The van der Waals surface area contributed by atoms with E-state index in [1.807, 2.05) is 12.1 Å². The third kappa shape index (κ3) is 12.1. The number of hydrogen-bond acceptors (Lipinski definition) is 2. The van der Waals surface area contributed by atoms with Gasteiger partial charge in [0.25, 0.3) is 0 Å². The van der Waals surface area contributed by atoms with Crippen molar-refractivity contribution in [1.29, 1.82) is 0 Å². The molecule has 28 heteroatoms. The molecular weight excluding hydrogens is 1020 g/mol. The number of benzene rings is 5. The van der Waals surface area contributed by atoms with Crippen LogP contribution in [0.4, 0.5) is 105 Å². The largest absolute Gasteiger partial charge is 0.423 e. The van der Waals surface area contributed by atoms with Gasteiger partial charge in [-0.15, -0.1) is 0 Å². The Labute approximate surface area is 373 Å². The van der Waals surface area contributed by atoms with E-state index in [0.29, 0.717) is 5.58 Å². The highest BCUT2D eigenvalue weighted by Crippen LogP contribution is 2.41. The zero-order chi connectivity index (χ0) is 52.5. The van der Waals surface area contributed by atoms with E-state index in [0.717, 1.165) is 10.3 Å². The summed E-state index contributed by atoms with van der Waals surface area (Å²) in [4.78, 5) is 11.7. The first-order valence-electron chi connectivity index (χ1n) is 18.1. The summed E-state index contributed by atoms with van der Waals surface area (Å²) in [6, 6.07) is -0.0921. The Kier molecular flexibility index (Phi) is 13.9. The van der Waals surface area contributed by atoms with Crippen LogP contribution >= 0.6 is 0 Å². The summed E-state index contributed by atoms with van der Waals surface area (Å²) in [5.74, 6) is 0. The van der Waals surface area contributed by atoms with E-state index in [1.54, 1.807) is 12.1 Å². The molecular formula is C41H19BF24O2S. The molecule has 1 heterocycles. The van der Waals surface area contributed by atoms with Crippen molar-refractivity contribution in [2.24, 2.45) is 0 Å². The fraction of sp³-hybridized carbons (Fsp3) is 0.195. The smallest absolute Gasteiger partial charge is 0.416 e. The summed E-state index contributed by atoms with van der Waals surface area (Å²) in [5, 5.41) is 0.927. The number of rotatable bonds is 4. The van der Waals surface area contributed by atoms with Crippen molar-refractivity contribution in [3.63, 3.8) is 0 Å². The van der Waals surface area contributed by atoms with Crippen LogP contribution in [0.2, 0.25) is 0 Å². The summed E-state index contributed by atoms with van der Waals surface area (Å²) in [7, 11) is 0. The summed E-state index contributed by atoms with van der Waals surface area (Å²) in [5.41, 5.74) is -29.9. The second-order valence-corrected chi connectivity index (χ2v) is 15.3. The molecule has 372 valence electrons. The number of alkyl halides is 24. The maximum atomic E-state index is 14.2. The lowest BCUT2D eigenvalue weighted by Crippen LogP contribution is -2.75. The molecule has 5 aromatic carbocycles. The molecule has 0 amide bonds. The molecule has 2 nitrogen and oxygen atoms in total. The Balaban J connectivity index is 0.000000636. The van der Waals surface area contributed by atoms with Crippen LogP contribution in [0.3, 0.4) is 0 Å². The first kappa shape index (κ1) is 54.0. The average molecular weight is 1040 g/mol. The quantitative estimate of drug-likeness (QED) is 0.0762. The monoisotopic (exact) mass is 1040 g/mol. The minimum absolute atomic E-state index is 0.320. The van der Waals surface area contributed by atoms with Crippen LogP contribution in [-0.2, 0) is 62.0 Å². The summed E-state index contributed by atoms with van der Waals surface area (Å²) >= 11 is 3.34. The molecule has 0 fully saturated rings. The highest BCUT2D eigenvalue weighted by atomic mass is 32.1. The highest BCUT2D eigenvalue weighted by Gasteiger charge is 2.47. The molecule has 0 saturated heterocycles. The van der Waals surface area contributed by atoms with E-state index in [2.05, 4.69) is 12.6 Å². The highest BCUT2D eigenvalue weighted by molar-refractivity contribution is 7.58. The number of halogens is 24. The maximum Gasteiger partial charge on any atom is 0.416 e. The maximum absolute atomic E-state index is 14.2. The minimum atomic E-state index is -6.13. The van der Waals surface area contributed by atoms with Gasteiger partial charge < -0.3 is 4.42 Å². The Bertz CT molecular complexity index is 2490. The van der Waals surface area contributed by atoms with Crippen LogP contribution in [0, 0.1) is 0 Å². The van der Waals surface area contributed by atoms with E-state index in [4.69, 9.17) is 4.42 Å². The van der Waals surface area contributed by atoms with Gasteiger partial charge in [0.2, 0.25) is 0 Å². The molecule has 0 saturated carbocycles. The lowest BCUT2D eigenvalue weighted by molar-refractivity contribution is -0.144. The standard InChI is InChI=1S/C32H12BF24.C9H6O2S/c34-25(35,36)13-1-14(26(37,38)39)6-21(5-13)33(22-7-15(27(40,41)42)2-16(8-22)28(43,44)45,23-9-17(29(46,47)48)3-18(10-23)30(49,50)51)24-11-19(31(52,53)54)4-20(12-24)32(55,56)57;10-9-4-2-6-1-3-7(12)5-8(6)11-9/h1-12H;1-5,12H/q-1;/p+1. The first-order chi connectivity index (χ1) is 31.0. The van der Waals surface area contributed by atoms with Gasteiger partial charge in [-0.25, -0.2) is 4.79 Å². The van der Waals surface area contributed by atoms with Crippen LogP contribution in [0.5, 0.6) is 0 Å². The van der Waals surface area contributed by atoms with Crippen molar-refractivity contribution < 1.29 is 110 Å². The van der Waals surface area contributed by atoms with Gasteiger partial charge in [0.05, 0.1) is 44.5 Å². The molecule has 0 unspecified atom stereocenters.